The Labute approximate surface area is 190 Å². The van der Waals surface area contributed by atoms with Crippen LogP contribution in [0.3, 0.4) is 0 Å². The Morgan fingerprint density at radius 3 is 1.42 bits per heavy atom. The van der Waals surface area contributed by atoms with Gasteiger partial charge in [0, 0.05) is 13.0 Å². The van der Waals surface area contributed by atoms with Crippen molar-refractivity contribution in [1.82, 2.24) is 0 Å². The molecule has 6 heteroatoms. The highest BCUT2D eigenvalue weighted by Crippen LogP contribution is 2.11. The van der Waals surface area contributed by atoms with Crippen LogP contribution in [0.1, 0.15) is 104 Å². The molecule has 0 heterocycles. The lowest BCUT2D eigenvalue weighted by Crippen LogP contribution is -2.14. The van der Waals surface area contributed by atoms with E-state index in [0.29, 0.717) is 33.0 Å². The van der Waals surface area contributed by atoms with Crippen molar-refractivity contribution in [3.63, 3.8) is 0 Å². The lowest BCUT2D eigenvalue weighted by atomic mass is 10.1. The molecular weight excluding hydrogens is 396 g/mol. The van der Waals surface area contributed by atoms with Crippen LogP contribution in [0.4, 0.5) is 0 Å². The molecule has 0 saturated heterocycles. The van der Waals surface area contributed by atoms with Crippen molar-refractivity contribution in [1.29, 1.82) is 0 Å². The number of ether oxygens (including phenoxy) is 4. The van der Waals surface area contributed by atoms with Gasteiger partial charge in [0.05, 0.1) is 39.5 Å². The lowest BCUT2D eigenvalue weighted by Gasteiger charge is -2.07. The van der Waals surface area contributed by atoms with Crippen LogP contribution < -0.4 is 0 Å². The molecule has 0 N–H and O–H groups in total. The number of hydrogen-bond acceptors (Lipinski definition) is 6. The number of ketones is 1. The van der Waals surface area contributed by atoms with Crippen molar-refractivity contribution >= 4 is 11.8 Å². The summed E-state index contributed by atoms with van der Waals surface area (Å²) < 4.78 is 21.3. The summed E-state index contributed by atoms with van der Waals surface area (Å²) in [5.41, 5.74) is 0. The zero-order valence-electron chi connectivity index (χ0n) is 20.3. The minimum atomic E-state index is -0.361. The van der Waals surface area contributed by atoms with Gasteiger partial charge in [0.25, 0.3) is 0 Å². The van der Waals surface area contributed by atoms with Crippen molar-refractivity contribution < 1.29 is 28.5 Å². The van der Waals surface area contributed by atoms with Gasteiger partial charge in [-0.05, 0) is 13.3 Å². The molecule has 0 aliphatic carbocycles. The van der Waals surface area contributed by atoms with Gasteiger partial charge in [0.15, 0.2) is 0 Å². The van der Waals surface area contributed by atoms with Crippen LogP contribution in [0.25, 0.3) is 0 Å². The highest BCUT2D eigenvalue weighted by molar-refractivity contribution is 5.80. The van der Waals surface area contributed by atoms with Crippen LogP contribution in [0.2, 0.25) is 0 Å². The van der Waals surface area contributed by atoms with Crippen molar-refractivity contribution in [3.8, 4) is 0 Å². The van der Waals surface area contributed by atoms with Crippen molar-refractivity contribution in [2.75, 3.05) is 46.2 Å². The summed E-state index contributed by atoms with van der Waals surface area (Å²) in [6.45, 7) is 7.23. The molecular formula is C25H48O6. The maximum Gasteiger partial charge on any atom is 0.306 e. The van der Waals surface area contributed by atoms with Crippen LogP contribution >= 0.6 is 0 Å². The first-order valence-electron chi connectivity index (χ1n) is 12.5. The standard InChI is InChI=1S/C25H48O6/c1-3-4-5-6-7-8-9-10-11-12-13-14-17-28-18-19-29-20-21-30-22-23-31-25(27)16-15-24(2)26/h3-23H2,1-2H3. The summed E-state index contributed by atoms with van der Waals surface area (Å²) in [4.78, 5) is 22.1. The maximum absolute atomic E-state index is 11.3. The van der Waals surface area contributed by atoms with Crippen molar-refractivity contribution in [3.05, 3.63) is 0 Å². The zero-order chi connectivity index (χ0) is 22.8. The Morgan fingerprint density at radius 2 is 0.935 bits per heavy atom. The SMILES string of the molecule is CCCCCCCCCCCCCCOCCOCCOCCOC(=O)CCC(C)=O. The number of rotatable bonds is 25. The molecule has 0 aromatic carbocycles. The summed E-state index contributed by atoms with van der Waals surface area (Å²) in [6, 6.07) is 0. The fraction of sp³-hybridized carbons (Fsp3) is 0.920. The second-order valence-electron chi connectivity index (χ2n) is 8.15. The van der Waals surface area contributed by atoms with E-state index in [2.05, 4.69) is 6.92 Å². The number of hydrogen-bond donors (Lipinski definition) is 0. The molecule has 0 amide bonds. The Morgan fingerprint density at radius 1 is 0.516 bits per heavy atom. The Hall–Kier alpha value is -0.980. The van der Waals surface area contributed by atoms with Crippen LogP contribution in [-0.2, 0) is 28.5 Å². The Balaban J connectivity index is 3.08. The third kappa shape index (κ3) is 27.0. The fourth-order valence-electron chi connectivity index (χ4n) is 3.15. The number of carbonyl (C=O) groups is 2. The van der Waals surface area contributed by atoms with Crippen LogP contribution in [-0.4, -0.2) is 58.0 Å². The summed E-state index contributed by atoms with van der Waals surface area (Å²) >= 11 is 0. The molecule has 0 unspecified atom stereocenters. The van der Waals surface area contributed by atoms with E-state index in [9.17, 15) is 9.59 Å². The van der Waals surface area contributed by atoms with E-state index in [1.165, 1.54) is 77.6 Å². The summed E-state index contributed by atoms with van der Waals surface area (Å²) in [7, 11) is 0. The summed E-state index contributed by atoms with van der Waals surface area (Å²) in [5.74, 6) is -0.372. The van der Waals surface area contributed by atoms with E-state index < -0.39 is 0 Å². The molecule has 0 fully saturated rings. The predicted octanol–water partition coefficient (Wildman–Crippen LogP) is 5.65. The van der Waals surface area contributed by atoms with Crippen LogP contribution in [0.15, 0.2) is 0 Å². The second kappa shape index (κ2) is 25.3. The first-order valence-corrected chi connectivity index (χ1v) is 12.5. The minimum Gasteiger partial charge on any atom is -0.463 e. The minimum absolute atomic E-state index is 0.0107. The average molecular weight is 445 g/mol. The molecule has 0 spiro atoms. The van der Waals surface area contributed by atoms with Crippen LogP contribution in [0, 0.1) is 0 Å². The molecule has 0 aromatic heterocycles. The summed E-state index contributed by atoms with van der Waals surface area (Å²) in [6.07, 6.45) is 16.6. The lowest BCUT2D eigenvalue weighted by molar-refractivity contribution is -0.146. The van der Waals surface area contributed by atoms with E-state index >= 15 is 0 Å². The molecule has 0 aliphatic heterocycles. The molecule has 0 aliphatic rings. The third-order valence-corrected chi connectivity index (χ3v) is 5.06. The first kappa shape index (κ1) is 30.0. The predicted molar refractivity (Wildman–Crippen MR) is 124 cm³/mol. The van der Waals surface area contributed by atoms with Gasteiger partial charge < -0.3 is 23.7 Å². The van der Waals surface area contributed by atoms with Gasteiger partial charge in [-0.25, -0.2) is 0 Å². The first-order chi connectivity index (χ1) is 15.2. The molecule has 0 aromatic rings. The Bertz CT molecular complexity index is 399. The molecule has 184 valence electrons. The van der Waals surface area contributed by atoms with E-state index in [0.717, 1.165) is 13.0 Å². The average Bonchev–Trinajstić information content (AvgIpc) is 2.75. The largest absolute Gasteiger partial charge is 0.463 e. The van der Waals surface area contributed by atoms with Gasteiger partial charge in [-0.1, -0.05) is 77.6 Å². The van der Waals surface area contributed by atoms with E-state index in [-0.39, 0.29) is 31.2 Å². The molecule has 0 rings (SSSR count). The van der Waals surface area contributed by atoms with Gasteiger partial charge >= 0.3 is 5.97 Å². The highest BCUT2D eigenvalue weighted by atomic mass is 16.6. The van der Waals surface area contributed by atoms with Gasteiger partial charge in [0.2, 0.25) is 0 Å². The van der Waals surface area contributed by atoms with E-state index in [4.69, 9.17) is 18.9 Å². The highest BCUT2D eigenvalue weighted by Gasteiger charge is 2.04. The smallest absolute Gasteiger partial charge is 0.306 e. The molecule has 0 atom stereocenters. The van der Waals surface area contributed by atoms with Crippen molar-refractivity contribution in [2.24, 2.45) is 0 Å². The molecule has 0 saturated carbocycles. The van der Waals surface area contributed by atoms with Crippen molar-refractivity contribution in [2.45, 2.75) is 104 Å². The molecule has 31 heavy (non-hydrogen) atoms. The number of esters is 1. The van der Waals surface area contributed by atoms with Gasteiger partial charge in [-0.3, -0.25) is 4.79 Å². The Kier molecular flexibility index (Phi) is 24.5. The third-order valence-electron chi connectivity index (χ3n) is 5.06. The quantitative estimate of drug-likeness (QED) is 0.134. The summed E-state index contributed by atoms with van der Waals surface area (Å²) in [5, 5.41) is 0. The second-order valence-corrected chi connectivity index (χ2v) is 8.15. The fourth-order valence-corrected chi connectivity index (χ4v) is 3.15. The van der Waals surface area contributed by atoms with Gasteiger partial charge in [-0.2, -0.15) is 0 Å². The van der Waals surface area contributed by atoms with Crippen LogP contribution in [0.5, 0.6) is 0 Å². The molecule has 6 nitrogen and oxygen atoms in total. The van der Waals surface area contributed by atoms with Gasteiger partial charge in [-0.15, -0.1) is 0 Å². The van der Waals surface area contributed by atoms with E-state index in [1.54, 1.807) is 0 Å². The molecule has 0 bridgehead atoms. The normalized spacial score (nSPS) is 11.0. The molecule has 0 radical (unpaired) electrons. The topological polar surface area (TPSA) is 71.1 Å². The van der Waals surface area contributed by atoms with Gasteiger partial charge in [0.1, 0.15) is 12.4 Å². The number of carbonyl (C=O) groups excluding carboxylic acids is 2. The maximum atomic E-state index is 11.3. The number of unbranched alkanes of at least 4 members (excludes halogenated alkanes) is 11. The monoisotopic (exact) mass is 444 g/mol. The van der Waals surface area contributed by atoms with E-state index in [1.807, 2.05) is 0 Å². The zero-order valence-corrected chi connectivity index (χ0v) is 20.3. The number of Topliss-reactive ketones (excluding diaryl/α,β-unsaturated/α-hetero) is 1.